The molecule has 19 heavy (non-hydrogen) atoms. The molecule has 1 aromatic carbocycles. The number of hydrogen-bond donors (Lipinski definition) is 2. The molecule has 0 atom stereocenters. The third-order valence-corrected chi connectivity index (χ3v) is 3.02. The van der Waals surface area contributed by atoms with Gasteiger partial charge in [0.15, 0.2) is 0 Å². The molecule has 1 aromatic rings. The number of nitrogens with two attached hydrogens (primary N) is 1. The van der Waals surface area contributed by atoms with Gasteiger partial charge in [-0.2, -0.15) is 0 Å². The highest BCUT2D eigenvalue weighted by Crippen LogP contribution is 2.32. The first-order chi connectivity index (χ1) is 8.95. The van der Waals surface area contributed by atoms with Gasteiger partial charge in [-0.25, -0.2) is 0 Å². The first-order valence-corrected chi connectivity index (χ1v) is 7.10. The predicted molar refractivity (Wildman–Crippen MR) is 81.9 cm³/mol. The topological polar surface area (TPSA) is 47.3 Å². The minimum absolute atomic E-state index is 0.112. The van der Waals surface area contributed by atoms with E-state index in [-0.39, 0.29) is 5.41 Å². The smallest absolute Gasteiger partial charge is 0.123 e. The summed E-state index contributed by atoms with van der Waals surface area (Å²) in [5, 5.41) is 3.27. The lowest BCUT2D eigenvalue weighted by molar-refractivity contribution is 0.300. The molecule has 0 aliphatic rings. The lowest BCUT2D eigenvalue weighted by Crippen LogP contribution is -2.24. The Kier molecular flexibility index (Phi) is 6.32. The molecule has 0 aliphatic carbocycles. The summed E-state index contributed by atoms with van der Waals surface area (Å²) >= 11 is 0. The van der Waals surface area contributed by atoms with E-state index in [2.05, 4.69) is 51.2 Å². The van der Waals surface area contributed by atoms with Crippen molar-refractivity contribution in [3.8, 4) is 5.75 Å². The van der Waals surface area contributed by atoms with Gasteiger partial charge in [0.1, 0.15) is 5.75 Å². The maximum absolute atomic E-state index is 5.95. The molecule has 0 saturated heterocycles. The molecule has 0 radical (unpaired) electrons. The molecule has 0 aromatic heterocycles. The summed E-state index contributed by atoms with van der Waals surface area (Å²) < 4.78 is 5.95. The van der Waals surface area contributed by atoms with E-state index in [1.165, 1.54) is 11.1 Å². The van der Waals surface area contributed by atoms with Crippen LogP contribution < -0.4 is 15.8 Å². The third-order valence-electron chi connectivity index (χ3n) is 3.02. The van der Waals surface area contributed by atoms with Crippen LogP contribution in [0.1, 0.15) is 38.3 Å². The van der Waals surface area contributed by atoms with Crippen molar-refractivity contribution in [1.29, 1.82) is 0 Å². The number of rotatable bonds is 7. The van der Waals surface area contributed by atoms with E-state index in [0.29, 0.717) is 6.54 Å². The maximum atomic E-state index is 5.95. The van der Waals surface area contributed by atoms with Gasteiger partial charge in [0.2, 0.25) is 0 Å². The van der Waals surface area contributed by atoms with Crippen LogP contribution in [0.15, 0.2) is 18.2 Å². The van der Waals surface area contributed by atoms with Gasteiger partial charge in [-0.15, -0.1) is 0 Å². The summed E-state index contributed by atoms with van der Waals surface area (Å²) in [6.45, 7) is 12.0. The summed E-state index contributed by atoms with van der Waals surface area (Å²) in [7, 11) is 0. The Labute approximate surface area is 117 Å². The molecular formula is C16H28N2O. The van der Waals surface area contributed by atoms with Crippen molar-refractivity contribution < 1.29 is 4.74 Å². The maximum Gasteiger partial charge on any atom is 0.123 e. The minimum Gasteiger partial charge on any atom is -0.493 e. The Morgan fingerprint density at radius 1 is 1.21 bits per heavy atom. The van der Waals surface area contributed by atoms with Gasteiger partial charge in [-0.3, -0.25) is 0 Å². The molecule has 0 aliphatic heterocycles. The Bertz CT molecular complexity index is 383. The van der Waals surface area contributed by atoms with E-state index in [0.717, 1.165) is 31.9 Å². The molecule has 108 valence electrons. The fourth-order valence-corrected chi connectivity index (χ4v) is 1.97. The van der Waals surface area contributed by atoms with Crippen LogP contribution in [-0.2, 0) is 5.41 Å². The number of benzene rings is 1. The van der Waals surface area contributed by atoms with Crippen LogP contribution >= 0.6 is 0 Å². The van der Waals surface area contributed by atoms with Crippen molar-refractivity contribution in [1.82, 2.24) is 5.32 Å². The van der Waals surface area contributed by atoms with E-state index in [4.69, 9.17) is 10.5 Å². The molecule has 0 amide bonds. The lowest BCUT2D eigenvalue weighted by Gasteiger charge is -2.23. The zero-order valence-corrected chi connectivity index (χ0v) is 12.8. The number of aryl methyl sites for hydroxylation is 1. The quantitative estimate of drug-likeness (QED) is 0.744. The minimum atomic E-state index is 0.112. The zero-order chi connectivity index (χ0) is 14.3. The van der Waals surface area contributed by atoms with Crippen LogP contribution in [0.5, 0.6) is 5.75 Å². The van der Waals surface area contributed by atoms with Crippen molar-refractivity contribution in [3.05, 3.63) is 29.3 Å². The molecule has 0 fully saturated rings. The van der Waals surface area contributed by atoms with Crippen molar-refractivity contribution in [2.24, 2.45) is 5.73 Å². The largest absolute Gasteiger partial charge is 0.493 e. The first-order valence-electron chi connectivity index (χ1n) is 7.10. The second kappa shape index (κ2) is 7.51. The van der Waals surface area contributed by atoms with E-state index in [1.807, 2.05) is 0 Å². The molecule has 0 bridgehead atoms. The molecule has 3 nitrogen and oxygen atoms in total. The van der Waals surface area contributed by atoms with Crippen LogP contribution in [0, 0.1) is 6.92 Å². The van der Waals surface area contributed by atoms with Crippen molar-refractivity contribution in [2.75, 3.05) is 26.2 Å². The summed E-state index contributed by atoms with van der Waals surface area (Å²) in [6, 6.07) is 6.46. The Morgan fingerprint density at radius 2 is 1.95 bits per heavy atom. The number of hydrogen-bond acceptors (Lipinski definition) is 3. The van der Waals surface area contributed by atoms with E-state index < -0.39 is 0 Å². The van der Waals surface area contributed by atoms with Gasteiger partial charge < -0.3 is 15.8 Å². The molecule has 0 unspecified atom stereocenters. The van der Waals surface area contributed by atoms with Crippen molar-refractivity contribution >= 4 is 0 Å². The monoisotopic (exact) mass is 264 g/mol. The van der Waals surface area contributed by atoms with Crippen LogP contribution in [-0.4, -0.2) is 26.2 Å². The van der Waals surface area contributed by atoms with Gasteiger partial charge in [0, 0.05) is 13.1 Å². The van der Waals surface area contributed by atoms with Crippen LogP contribution in [0.25, 0.3) is 0 Å². The fourth-order valence-electron chi connectivity index (χ4n) is 1.97. The van der Waals surface area contributed by atoms with E-state index in [1.54, 1.807) is 0 Å². The lowest BCUT2D eigenvalue weighted by atomic mass is 9.86. The Hall–Kier alpha value is -1.06. The Balaban J connectivity index is 2.54. The summed E-state index contributed by atoms with van der Waals surface area (Å²) in [5.41, 5.74) is 8.05. The second-order valence-corrected chi connectivity index (χ2v) is 5.99. The van der Waals surface area contributed by atoms with Crippen LogP contribution in [0.4, 0.5) is 0 Å². The van der Waals surface area contributed by atoms with Crippen LogP contribution in [0.2, 0.25) is 0 Å². The van der Waals surface area contributed by atoms with E-state index >= 15 is 0 Å². The molecule has 3 heteroatoms. The molecule has 1 rings (SSSR count). The second-order valence-electron chi connectivity index (χ2n) is 5.99. The van der Waals surface area contributed by atoms with Crippen LogP contribution in [0.3, 0.4) is 0 Å². The summed E-state index contributed by atoms with van der Waals surface area (Å²) in [4.78, 5) is 0. The highest BCUT2D eigenvalue weighted by Gasteiger charge is 2.18. The number of ether oxygens (including phenoxy) is 1. The fraction of sp³-hybridized carbons (Fsp3) is 0.625. The standard InChI is InChI=1S/C16H28N2O/c1-13-6-7-14(16(2,3)4)15(12-13)19-11-5-9-18-10-8-17/h6-7,12,18H,5,8-11,17H2,1-4H3. The molecule has 0 heterocycles. The summed E-state index contributed by atoms with van der Waals surface area (Å²) in [6.07, 6.45) is 0.998. The SMILES string of the molecule is Cc1ccc(C(C)(C)C)c(OCCCNCCN)c1. The highest BCUT2D eigenvalue weighted by molar-refractivity contribution is 5.41. The Morgan fingerprint density at radius 3 is 2.58 bits per heavy atom. The van der Waals surface area contributed by atoms with Crippen molar-refractivity contribution in [2.45, 2.75) is 39.5 Å². The normalized spacial score (nSPS) is 11.6. The molecular weight excluding hydrogens is 236 g/mol. The first kappa shape index (κ1) is 16.0. The van der Waals surface area contributed by atoms with Gasteiger partial charge in [-0.1, -0.05) is 32.9 Å². The zero-order valence-electron chi connectivity index (χ0n) is 12.8. The van der Waals surface area contributed by atoms with Gasteiger partial charge in [0.05, 0.1) is 6.61 Å². The highest BCUT2D eigenvalue weighted by atomic mass is 16.5. The molecule has 0 saturated carbocycles. The molecule has 0 spiro atoms. The average molecular weight is 264 g/mol. The van der Waals surface area contributed by atoms with Crippen molar-refractivity contribution in [3.63, 3.8) is 0 Å². The van der Waals surface area contributed by atoms with Gasteiger partial charge in [-0.05, 0) is 42.5 Å². The van der Waals surface area contributed by atoms with Gasteiger partial charge in [0.25, 0.3) is 0 Å². The summed E-state index contributed by atoms with van der Waals surface area (Å²) in [5.74, 6) is 1.02. The third kappa shape index (κ3) is 5.62. The molecule has 3 N–H and O–H groups in total. The average Bonchev–Trinajstić information content (AvgIpc) is 2.32. The predicted octanol–water partition coefficient (Wildman–Crippen LogP) is 2.61. The van der Waals surface area contributed by atoms with E-state index in [9.17, 15) is 0 Å². The van der Waals surface area contributed by atoms with Gasteiger partial charge >= 0.3 is 0 Å². The number of nitrogens with one attached hydrogen (secondary N) is 1.